The van der Waals surface area contributed by atoms with Crippen LogP contribution in [0.15, 0.2) is 35.1 Å². The van der Waals surface area contributed by atoms with Crippen molar-refractivity contribution in [2.45, 2.75) is 31.7 Å². The highest BCUT2D eigenvalue weighted by Crippen LogP contribution is 2.40. The summed E-state index contributed by atoms with van der Waals surface area (Å²) in [7, 11) is 0. The van der Waals surface area contributed by atoms with Gasteiger partial charge in [-0.1, -0.05) is 6.07 Å². The van der Waals surface area contributed by atoms with Crippen LogP contribution in [0.25, 0.3) is 5.69 Å². The molecule has 0 atom stereocenters. The minimum atomic E-state index is -0.106. The molecule has 0 saturated heterocycles. The summed E-state index contributed by atoms with van der Waals surface area (Å²) in [4.78, 5) is 4.25. The van der Waals surface area contributed by atoms with Crippen LogP contribution in [0.3, 0.4) is 0 Å². The first-order chi connectivity index (χ1) is 8.60. The molecule has 1 aromatic carbocycles. The monoisotopic (exact) mass is 305 g/mol. The standard InChI is InChI=1S/C14H16BrN3/c1-10-17-7-8-18(10)13-4-3-11(9-12(13)15)14(16)5-2-6-14/h3-4,7-9H,2,5-6,16H2,1H3. The van der Waals surface area contributed by atoms with Gasteiger partial charge in [0.05, 0.1) is 5.69 Å². The van der Waals surface area contributed by atoms with Crippen molar-refractivity contribution in [2.24, 2.45) is 5.73 Å². The summed E-state index contributed by atoms with van der Waals surface area (Å²) in [6.45, 7) is 2.00. The van der Waals surface area contributed by atoms with Crippen LogP contribution in [0.1, 0.15) is 30.7 Å². The maximum atomic E-state index is 6.35. The lowest BCUT2D eigenvalue weighted by atomic mass is 9.73. The van der Waals surface area contributed by atoms with E-state index in [1.165, 1.54) is 12.0 Å². The van der Waals surface area contributed by atoms with Crippen LogP contribution >= 0.6 is 15.9 Å². The Kier molecular flexibility index (Phi) is 2.79. The zero-order chi connectivity index (χ0) is 12.8. The molecule has 0 bridgehead atoms. The Labute approximate surface area is 115 Å². The van der Waals surface area contributed by atoms with Gasteiger partial charge < -0.3 is 10.3 Å². The zero-order valence-corrected chi connectivity index (χ0v) is 11.9. The molecule has 1 heterocycles. The maximum absolute atomic E-state index is 6.35. The second kappa shape index (κ2) is 4.21. The molecule has 2 N–H and O–H groups in total. The largest absolute Gasteiger partial charge is 0.321 e. The van der Waals surface area contributed by atoms with E-state index >= 15 is 0 Å². The van der Waals surface area contributed by atoms with Crippen molar-refractivity contribution in [2.75, 3.05) is 0 Å². The minimum Gasteiger partial charge on any atom is -0.321 e. The van der Waals surface area contributed by atoms with Crippen LogP contribution in [0, 0.1) is 6.92 Å². The number of aromatic nitrogens is 2. The van der Waals surface area contributed by atoms with Crippen molar-refractivity contribution in [3.05, 3.63) is 46.5 Å². The molecule has 3 rings (SSSR count). The third kappa shape index (κ3) is 1.80. The molecule has 0 radical (unpaired) electrons. The Morgan fingerprint density at radius 3 is 2.67 bits per heavy atom. The molecular weight excluding hydrogens is 290 g/mol. The number of nitrogens with two attached hydrogens (primary N) is 1. The average molecular weight is 306 g/mol. The summed E-state index contributed by atoms with van der Waals surface area (Å²) in [6.07, 6.45) is 7.19. The third-order valence-corrected chi connectivity index (χ3v) is 4.49. The van der Waals surface area contributed by atoms with Gasteiger partial charge in [-0.15, -0.1) is 0 Å². The van der Waals surface area contributed by atoms with Gasteiger partial charge in [-0.2, -0.15) is 0 Å². The number of hydrogen-bond acceptors (Lipinski definition) is 2. The van der Waals surface area contributed by atoms with Crippen LogP contribution in [-0.4, -0.2) is 9.55 Å². The lowest BCUT2D eigenvalue weighted by Crippen LogP contribution is -2.43. The highest BCUT2D eigenvalue weighted by atomic mass is 79.9. The molecule has 94 valence electrons. The Morgan fingerprint density at radius 2 is 2.17 bits per heavy atom. The van der Waals surface area contributed by atoms with Gasteiger partial charge in [-0.25, -0.2) is 4.98 Å². The first kappa shape index (κ1) is 11.9. The minimum absolute atomic E-state index is 0.106. The topological polar surface area (TPSA) is 43.8 Å². The smallest absolute Gasteiger partial charge is 0.110 e. The van der Waals surface area contributed by atoms with Gasteiger partial charge in [0.15, 0.2) is 0 Å². The number of halogens is 1. The SMILES string of the molecule is Cc1nccn1-c1ccc(C2(N)CCC2)cc1Br. The molecule has 1 aliphatic rings. The van der Waals surface area contributed by atoms with Gasteiger partial charge in [-0.3, -0.25) is 0 Å². The fourth-order valence-corrected chi connectivity index (χ4v) is 3.06. The molecule has 1 fully saturated rings. The van der Waals surface area contributed by atoms with E-state index in [1.807, 2.05) is 19.3 Å². The fraction of sp³-hybridized carbons (Fsp3) is 0.357. The summed E-state index contributed by atoms with van der Waals surface area (Å²) in [5.74, 6) is 0.981. The molecule has 0 aliphatic heterocycles. The van der Waals surface area contributed by atoms with Crippen molar-refractivity contribution in [3.63, 3.8) is 0 Å². The normalized spacial score (nSPS) is 17.5. The van der Waals surface area contributed by atoms with Crippen LogP contribution in [0.5, 0.6) is 0 Å². The summed E-state index contributed by atoms with van der Waals surface area (Å²) >= 11 is 3.64. The van der Waals surface area contributed by atoms with Gasteiger partial charge in [0.1, 0.15) is 5.82 Å². The highest BCUT2D eigenvalue weighted by molar-refractivity contribution is 9.10. The Bertz CT molecular complexity index is 584. The number of rotatable bonds is 2. The number of hydrogen-bond donors (Lipinski definition) is 1. The predicted molar refractivity (Wildman–Crippen MR) is 75.7 cm³/mol. The zero-order valence-electron chi connectivity index (χ0n) is 10.4. The summed E-state index contributed by atoms with van der Waals surface area (Å²) in [6, 6.07) is 6.40. The number of nitrogens with zero attached hydrogens (tertiary/aromatic N) is 2. The van der Waals surface area contributed by atoms with E-state index < -0.39 is 0 Å². The van der Waals surface area contributed by atoms with E-state index in [0.717, 1.165) is 28.8 Å². The van der Waals surface area contributed by atoms with E-state index in [9.17, 15) is 0 Å². The maximum Gasteiger partial charge on any atom is 0.110 e. The number of benzene rings is 1. The molecule has 3 nitrogen and oxygen atoms in total. The Balaban J connectivity index is 2.02. The second-order valence-electron chi connectivity index (χ2n) is 5.02. The summed E-state index contributed by atoms with van der Waals surface area (Å²) in [5, 5.41) is 0. The van der Waals surface area contributed by atoms with Crippen molar-refractivity contribution < 1.29 is 0 Å². The van der Waals surface area contributed by atoms with Crippen molar-refractivity contribution in [1.29, 1.82) is 0 Å². The molecule has 2 aromatic rings. The van der Waals surface area contributed by atoms with Gasteiger partial charge in [0.25, 0.3) is 0 Å². The second-order valence-corrected chi connectivity index (χ2v) is 5.87. The number of aryl methyl sites for hydroxylation is 1. The molecule has 0 unspecified atom stereocenters. The van der Waals surface area contributed by atoms with E-state index in [-0.39, 0.29) is 5.54 Å². The summed E-state index contributed by atoms with van der Waals surface area (Å²) < 4.78 is 3.13. The molecule has 0 spiro atoms. The average Bonchev–Trinajstić information content (AvgIpc) is 2.72. The predicted octanol–water partition coefficient (Wildman–Crippen LogP) is 3.28. The van der Waals surface area contributed by atoms with Crippen molar-refractivity contribution >= 4 is 15.9 Å². The first-order valence-corrected chi connectivity index (χ1v) is 6.99. The molecule has 4 heteroatoms. The molecular formula is C14H16BrN3. The molecule has 18 heavy (non-hydrogen) atoms. The van der Waals surface area contributed by atoms with Crippen LogP contribution in [0.2, 0.25) is 0 Å². The first-order valence-electron chi connectivity index (χ1n) is 6.19. The molecule has 1 aromatic heterocycles. The molecule has 1 aliphatic carbocycles. The molecule has 0 amide bonds. The van der Waals surface area contributed by atoms with E-state index in [4.69, 9.17) is 5.73 Å². The summed E-state index contributed by atoms with van der Waals surface area (Å²) in [5.41, 5.74) is 8.58. The Morgan fingerprint density at radius 1 is 1.39 bits per heavy atom. The van der Waals surface area contributed by atoms with Crippen molar-refractivity contribution in [1.82, 2.24) is 9.55 Å². The van der Waals surface area contributed by atoms with Crippen LogP contribution in [0.4, 0.5) is 0 Å². The third-order valence-electron chi connectivity index (χ3n) is 3.85. The fourth-order valence-electron chi connectivity index (χ4n) is 2.49. The van der Waals surface area contributed by atoms with Crippen LogP contribution in [-0.2, 0) is 5.54 Å². The van der Waals surface area contributed by atoms with Crippen LogP contribution < -0.4 is 5.73 Å². The van der Waals surface area contributed by atoms with E-state index in [2.05, 4.69) is 43.7 Å². The van der Waals surface area contributed by atoms with Gasteiger partial charge >= 0.3 is 0 Å². The van der Waals surface area contributed by atoms with E-state index in [1.54, 1.807) is 0 Å². The lowest BCUT2D eigenvalue weighted by Gasteiger charge is -2.38. The lowest BCUT2D eigenvalue weighted by molar-refractivity contribution is 0.253. The molecule has 1 saturated carbocycles. The van der Waals surface area contributed by atoms with Crippen molar-refractivity contribution in [3.8, 4) is 5.69 Å². The van der Waals surface area contributed by atoms with E-state index in [0.29, 0.717) is 0 Å². The van der Waals surface area contributed by atoms with Gasteiger partial charge in [0.2, 0.25) is 0 Å². The highest BCUT2D eigenvalue weighted by Gasteiger charge is 2.34. The van der Waals surface area contributed by atoms with Gasteiger partial charge in [-0.05, 0) is 59.8 Å². The number of imidazole rings is 1. The Hall–Kier alpha value is -1.13. The van der Waals surface area contributed by atoms with Gasteiger partial charge in [0, 0.05) is 22.4 Å². The quantitative estimate of drug-likeness (QED) is 0.925.